The number of hydrogen-bond acceptors (Lipinski definition) is 2. The first-order valence-corrected chi connectivity index (χ1v) is 7.16. The molecule has 1 saturated carbocycles. The van der Waals surface area contributed by atoms with Crippen molar-refractivity contribution in [2.24, 2.45) is 5.92 Å². The molecule has 3 rings (SSSR count). The van der Waals surface area contributed by atoms with E-state index in [9.17, 15) is 9.90 Å². The van der Waals surface area contributed by atoms with Crippen molar-refractivity contribution in [1.29, 1.82) is 0 Å². The van der Waals surface area contributed by atoms with Gasteiger partial charge in [-0.15, -0.1) is 0 Å². The Kier molecular flexibility index (Phi) is 3.44. The van der Waals surface area contributed by atoms with Gasteiger partial charge in [0.25, 0.3) is 0 Å². The van der Waals surface area contributed by atoms with Crippen molar-refractivity contribution < 1.29 is 9.90 Å². The van der Waals surface area contributed by atoms with Crippen LogP contribution in [0, 0.1) is 12.8 Å². The fourth-order valence-corrected chi connectivity index (χ4v) is 2.50. The largest absolute Gasteiger partial charge is 0.383 e. The number of carbonyl (C=O) groups excluding carboxylic acids is 1. The highest BCUT2D eigenvalue weighted by Crippen LogP contribution is 2.32. The van der Waals surface area contributed by atoms with E-state index in [1.54, 1.807) is 0 Å². The van der Waals surface area contributed by atoms with Gasteiger partial charge < -0.3 is 15.4 Å². The summed E-state index contributed by atoms with van der Waals surface area (Å²) in [6.07, 6.45) is 1.02. The lowest BCUT2D eigenvalue weighted by Crippen LogP contribution is -2.35. The average molecular weight is 293 g/mol. The number of H-pyrrole nitrogens is 1. The maximum atomic E-state index is 11.7. The molecule has 1 atom stereocenters. The summed E-state index contributed by atoms with van der Waals surface area (Å²) in [5, 5.41) is 14.2. The Morgan fingerprint density at radius 2 is 2.25 bits per heavy atom. The number of rotatable bonds is 4. The minimum atomic E-state index is -0.865. The monoisotopic (exact) mass is 292 g/mol. The van der Waals surface area contributed by atoms with Crippen molar-refractivity contribution in [1.82, 2.24) is 10.3 Å². The zero-order valence-electron chi connectivity index (χ0n) is 11.2. The van der Waals surface area contributed by atoms with Crippen LogP contribution in [0.2, 0.25) is 5.02 Å². The van der Waals surface area contributed by atoms with Gasteiger partial charge in [-0.25, -0.2) is 0 Å². The lowest BCUT2D eigenvalue weighted by molar-refractivity contribution is -0.130. The molecule has 1 amide bonds. The second-order valence-electron chi connectivity index (χ2n) is 5.48. The Morgan fingerprint density at radius 3 is 2.95 bits per heavy atom. The number of aliphatic hydroxyl groups is 1. The molecule has 1 aromatic heterocycles. The van der Waals surface area contributed by atoms with Gasteiger partial charge in [0.1, 0.15) is 6.10 Å². The molecule has 1 fully saturated rings. The number of aryl methyl sites for hydroxylation is 1. The van der Waals surface area contributed by atoms with Gasteiger partial charge in [0.2, 0.25) is 5.91 Å². The van der Waals surface area contributed by atoms with Crippen molar-refractivity contribution in [2.75, 3.05) is 0 Å². The van der Waals surface area contributed by atoms with E-state index < -0.39 is 6.10 Å². The summed E-state index contributed by atoms with van der Waals surface area (Å²) in [7, 11) is 0. The third-order valence-electron chi connectivity index (χ3n) is 3.75. The first-order chi connectivity index (χ1) is 9.54. The number of nitrogens with one attached hydrogen (secondary N) is 2. The van der Waals surface area contributed by atoms with Crippen LogP contribution in [0.3, 0.4) is 0 Å². The average Bonchev–Trinajstić information content (AvgIpc) is 3.19. The van der Waals surface area contributed by atoms with E-state index in [1.165, 1.54) is 0 Å². The number of carbonyl (C=O) groups is 1. The van der Waals surface area contributed by atoms with Crippen LogP contribution < -0.4 is 5.32 Å². The summed E-state index contributed by atoms with van der Waals surface area (Å²) in [5.41, 5.74) is 2.91. The molecule has 0 spiro atoms. The molecule has 0 bridgehead atoms. The molecule has 0 saturated heterocycles. The predicted octanol–water partition coefficient (Wildman–Crippen LogP) is 2.52. The summed E-state index contributed by atoms with van der Waals surface area (Å²) in [6, 6.07) is 5.86. The Balaban J connectivity index is 1.69. The highest BCUT2D eigenvalue weighted by Gasteiger charge is 2.34. The molecule has 1 heterocycles. The van der Waals surface area contributed by atoms with Gasteiger partial charge in [-0.1, -0.05) is 11.6 Å². The SMILES string of the molecule is Cc1cc2[nH]c(CNC(=O)C(O)C3CC3)cc2cc1Cl. The van der Waals surface area contributed by atoms with E-state index >= 15 is 0 Å². The van der Waals surface area contributed by atoms with E-state index in [-0.39, 0.29) is 11.8 Å². The number of hydrogen-bond donors (Lipinski definition) is 3. The molecule has 0 aliphatic heterocycles. The molecular formula is C15H17ClN2O2. The molecule has 106 valence electrons. The number of halogens is 1. The van der Waals surface area contributed by atoms with Crippen LogP contribution >= 0.6 is 11.6 Å². The van der Waals surface area contributed by atoms with Crippen LogP contribution in [0.1, 0.15) is 24.1 Å². The molecule has 5 heteroatoms. The van der Waals surface area contributed by atoms with Crippen LogP contribution in [0.25, 0.3) is 10.9 Å². The summed E-state index contributed by atoms with van der Waals surface area (Å²) < 4.78 is 0. The van der Waals surface area contributed by atoms with Crippen molar-refractivity contribution in [2.45, 2.75) is 32.4 Å². The Hall–Kier alpha value is -1.52. The van der Waals surface area contributed by atoms with Crippen LogP contribution in [0.4, 0.5) is 0 Å². The van der Waals surface area contributed by atoms with Gasteiger partial charge in [0.05, 0.1) is 6.54 Å². The predicted molar refractivity (Wildman–Crippen MR) is 78.6 cm³/mol. The summed E-state index contributed by atoms with van der Waals surface area (Å²) in [6.45, 7) is 2.34. The quantitative estimate of drug-likeness (QED) is 0.811. The smallest absolute Gasteiger partial charge is 0.249 e. The normalized spacial score (nSPS) is 16.4. The minimum absolute atomic E-state index is 0.152. The Bertz CT molecular complexity index is 622. The van der Waals surface area contributed by atoms with Gasteiger partial charge in [-0.2, -0.15) is 0 Å². The van der Waals surface area contributed by atoms with E-state index in [0.717, 1.165) is 40.0 Å². The van der Waals surface area contributed by atoms with Crippen molar-refractivity contribution in [3.05, 3.63) is 34.5 Å². The number of aromatic nitrogens is 1. The van der Waals surface area contributed by atoms with Crippen LogP contribution in [0.5, 0.6) is 0 Å². The summed E-state index contributed by atoms with van der Waals surface area (Å²) in [5.74, 6) is -0.139. The van der Waals surface area contributed by atoms with E-state index in [4.69, 9.17) is 11.6 Å². The molecular weight excluding hydrogens is 276 g/mol. The number of aliphatic hydroxyl groups excluding tert-OH is 1. The molecule has 2 aromatic rings. The summed E-state index contributed by atoms with van der Waals surface area (Å²) in [4.78, 5) is 15.0. The third-order valence-corrected chi connectivity index (χ3v) is 4.15. The van der Waals surface area contributed by atoms with Crippen molar-refractivity contribution >= 4 is 28.4 Å². The zero-order valence-corrected chi connectivity index (χ0v) is 12.0. The van der Waals surface area contributed by atoms with Gasteiger partial charge >= 0.3 is 0 Å². The summed E-state index contributed by atoms with van der Waals surface area (Å²) >= 11 is 6.09. The molecule has 1 aliphatic carbocycles. The van der Waals surface area contributed by atoms with E-state index in [0.29, 0.717) is 6.54 Å². The second kappa shape index (κ2) is 5.11. The van der Waals surface area contributed by atoms with Gasteiger partial charge in [0, 0.05) is 21.6 Å². The topological polar surface area (TPSA) is 65.1 Å². The van der Waals surface area contributed by atoms with Gasteiger partial charge in [-0.3, -0.25) is 4.79 Å². The Morgan fingerprint density at radius 1 is 1.50 bits per heavy atom. The van der Waals surface area contributed by atoms with E-state index in [2.05, 4.69) is 10.3 Å². The maximum Gasteiger partial charge on any atom is 0.249 e. The number of fused-ring (bicyclic) bond motifs is 1. The van der Waals surface area contributed by atoms with Gasteiger partial charge in [0.15, 0.2) is 0 Å². The van der Waals surface area contributed by atoms with Gasteiger partial charge in [-0.05, 0) is 49.4 Å². The second-order valence-corrected chi connectivity index (χ2v) is 5.89. The zero-order chi connectivity index (χ0) is 14.3. The first-order valence-electron chi connectivity index (χ1n) is 6.78. The number of amides is 1. The fraction of sp³-hybridized carbons (Fsp3) is 0.400. The molecule has 0 radical (unpaired) electrons. The minimum Gasteiger partial charge on any atom is -0.383 e. The van der Waals surface area contributed by atoms with E-state index in [1.807, 2.05) is 25.1 Å². The maximum absolute atomic E-state index is 11.7. The molecule has 20 heavy (non-hydrogen) atoms. The molecule has 3 N–H and O–H groups in total. The van der Waals surface area contributed by atoms with Crippen LogP contribution in [0.15, 0.2) is 18.2 Å². The molecule has 1 aromatic carbocycles. The standard InChI is InChI=1S/C15H17ClN2O2/c1-8-4-13-10(6-12(8)16)5-11(18-13)7-17-15(20)14(19)9-2-3-9/h4-6,9,14,18-19H,2-3,7H2,1H3,(H,17,20). The Labute approximate surface area is 122 Å². The first kappa shape index (κ1) is 13.5. The van der Waals surface area contributed by atoms with Crippen molar-refractivity contribution in [3.8, 4) is 0 Å². The number of benzene rings is 1. The van der Waals surface area contributed by atoms with Crippen LogP contribution in [-0.4, -0.2) is 22.1 Å². The fourth-order valence-electron chi connectivity index (χ4n) is 2.33. The highest BCUT2D eigenvalue weighted by atomic mass is 35.5. The number of aromatic amines is 1. The molecule has 4 nitrogen and oxygen atoms in total. The molecule has 1 aliphatic rings. The third kappa shape index (κ3) is 2.67. The molecule has 1 unspecified atom stereocenters. The lowest BCUT2D eigenvalue weighted by atomic mass is 10.2. The van der Waals surface area contributed by atoms with Crippen LogP contribution in [-0.2, 0) is 11.3 Å². The lowest BCUT2D eigenvalue weighted by Gasteiger charge is -2.09. The highest BCUT2D eigenvalue weighted by molar-refractivity contribution is 6.32. The van der Waals surface area contributed by atoms with Crippen molar-refractivity contribution in [3.63, 3.8) is 0 Å².